The van der Waals surface area contributed by atoms with Crippen molar-refractivity contribution in [1.29, 1.82) is 0 Å². The lowest BCUT2D eigenvalue weighted by Crippen LogP contribution is -2.46. The summed E-state index contributed by atoms with van der Waals surface area (Å²) >= 11 is 6.27. The van der Waals surface area contributed by atoms with Gasteiger partial charge in [0, 0.05) is 19.6 Å². The van der Waals surface area contributed by atoms with Gasteiger partial charge in [-0.25, -0.2) is 9.78 Å². The van der Waals surface area contributed by atoms with Crippen molar-refractivity contribution >= 4 is 28.5 Å². The first-order chi connectivity index (χ1) is 9.69. The number of hydrogen-bond donors (Lipinski definition) is 3. The molecule has 3 N–H and O–H groups in total. The molecule has 0 aliphatic carbocycles. The van der Waals surface area contributed by atoms with Crippen LogP contribution >= 0.6 is 11.6 Å². The van der Waals surface area contributed by atoms with Crippen LogP contribution in [0.4, 0.5) is 5.69 Å². The first kappa shape index (κ1) is 13.4. The lowest BCUT2D eigenvalue weighted by atomic mass is 10.2. The van der Waals surface area contributed by atoms with E-state index in [0.29, 0.717) is 29.3 Å². The third kappa shape index (κ3) is 2.39. The SMILES string of the molecule is CNCC1CN(c2c(Cl)cnc3[nH]c(=O)[nH]c23)CCO1. The molecule has 0 saturated carbocycles. The number of likely N-dealkylation sites (N-methyl/N-ethyl adjacent to an activating group) is 1. The van der Waals surface area contributed by atoms with E-state index >= 15 is 0 Å². The minimum absolute atomic E-state index is 0.0960. The van der Waals surface area contributed by atoms with E-state index < -0.39 is 0 Å². The van der Waals surface area contributed by atoms with Gasteiger partial charge in [-0.2, -0.15) is 0 Å². The molecule has 1 fully saturated rings. The Labute approximate surface area is 120 Å². The average molecular weight is 298 g/mol. The molecule has 3 heterocycles. The van der Waals surface area contributed by atoms with Crippen LogP contribution in [0.25, 0.3) is 11.2 Å². The topological polar surface area (TPSA) is 86.0 Å². The Balaban J connectivity index is 2.00. The zero-order valence-electron chi connectivity index (χ0n) is 11.1. The van der Waals surface area contributed by atoms with Gasteiger partial charge in [-0.1, -0.05) is 11.6 Å². The summed E-state index contributed by atoms with van der Waals surface area (Å²) in [5, 5.41) is 3.63. The molecule has 0 amide bonds. The number of fused-ring (bicyclic) bond motifs is 1. The number of H-pyrrole nitrogens is 2. The van der Waals surface area contributed by atoms with Crippen molar-refractivity contribution in [3.05, 3.63) is 21.7 Å². The third-order valence-corrected chi connectivity index (χ3v) is 3.64. The van der Waals surface area contributed by atoms with Crippen molar-refractivity contribution in [2.75, 3.05) is 38.2 Å². The maximum absolute atomic E-state index is 11.5. The maximum atomic E-state index is 11.5. The number of rotatable bonds is 3. The summed E-state index contributed by atoms with van der Waals surface area (Å²) < 4.78 is 5.68. The number of pyridine rings is 1. The van der Waals surface area contributed by atoms with Gasteiger partial charge in [0.25, 0.3) is 0 Å². The summed E-state index contributed by atoms with van der Waals surface area (Å²) in [6.07, 6.45) is 1.66. The molecular weight excluding hydrogens is 282 g/mol. The second-order valence-corrected chi connectivity index (χ2v) is 5.16. The van der Waals surface area contributed by atoms with E-state index in [-0.39, 0.29) is 11.8 Å². The van der Waals surface area contributed by atoms with Crippen molar-refractivity contribution in [3.8, 4) is 0 Å². The van der Waals surface area contributed by atoms with Crippen molar-refractivity contribution in [2.24, 2.45) is 0 Å². The molecule has 0 spiro atoms. The summed E-state index contributed by atoms with van der Waals surface area (Å²) in [7, 11) is 1.89. The highest BCUT2D eigenvalue weighted by Crippen LogP contribution is 2.31. The highest BCUT2D eigenvalue weighted by Gasteiger charge is 2.24. The third-order valence-electron chi connectivity index (χ3n) is 3.36. The number of anilines is 1. The number of nitrogens with zero attached hydrogens (tertiary/aromatic N) is 2. The number of aromatic amines is 2. The molecule has 20 heavy (non-hydrogen) atoms. The zero-order chi connectivity index (χ0) is 14.1. The van der Waals surface area contributed by atoms with E-state index in [1.165, 1.54) is 0 Å². The Morgan fingerprint density at radius 1 is 1.60 bits per heavy atom. The van der Waals surface area contributed by atoms with Gasteiger partial charge in [0.15, 0.2) is 5.65 Å². The summed E-state index contributed by atoms with van der Waals surface area (Å²) in [6.45, 7) is 2.84. The highest BCUT2D eigenvalue weighted by molar-refractivity contribution is 6.34. The van der Waals surface area contributed by atoms with Crippen LogP contribution in [0.3, 0.4) is 0 Å². The van der Waals surface area contributed by atoms with Gasteiger partial charge >= 0.3 is 5.69 Å². The van der Waals surface area contributed by atoms with E-state index in [1.807, 2.05) is 7.05 Å². The number of morpholine rings is 1. The van der Waals surface area contributed by atoms with E-state index in [0.717, 1.165) is 18.8 Å². The van der Waals surface area contributed by atoms with Gasteiger partial charge in [0.1, 0.15) is 5.52 Å². The molecule has 1 aliphatic rings. The maximum Gasteiger partial charge on any atom is 0.325 e. The largest absolute Gasteiger partial charge is 0.373 e. The number of ether oxygens (including phenoxy) is 1. The van der Waals surface area contributed by atoms with Gasteiger partial charge in [-0.3, -0.25) is 4.98 Å². The Morgan fingerprint density at radius 2 is 2.45 bits per heavy atom. The van der Waals surface area contributed by atoms with Gasteiger partial charge in [-0.15, -0.1) is 0 Å². The van der Waals surface area contributed by atoms with Crippen molar-refractivity contribution in [2.45, 2.75) is 6.10 Å². The molecule has 1 aliphatic heterocycles. The fraction of sp³-hybridized carbons (Fsp3) is 0.500. The fourth-order valence-corrected chi connectivity index (χ4v) is 2.79. The van der Waals surface area contributed by atoms with E-state index in [9.17, 15) is 4.79 Å². The van der Waals surface area contributed by atoms with Crippen LogP contribution in [0.1, 0.15) is 0 Å². The Kier molecular flexibility index (Phi) is 3.64. The number of aromatic nitrogens is 3. The molecular formula is C12H16ClN5O2. The van der Waals surface area contributed by atoms with Crippen LogP contribution in [0.5, 0.6) is 0 Å². The smallest absolute Gasteiger partial charge is 0.325 e. The van der Waals surface area contributed by atoms with Crippen LogP contribution < -0.4 is 15.9 Å². The Morgan fingerprint density at radius 3 is 3.25 bits per heavy atom. The van der Waals surface area contributed by atoms with Gasteiger partial charge < -0.3 is 19.9 Å². The van der Waals surface area contributed by atoms with Gasteiger partial charge in [-0.05, 0) is 7.05 Å². The summed E-state index contributed by atoms with van der Waals surface area (Å²) in [5.41, 5.74) is 1.69. The second kappa shape index (κ2) is 5.43. The van der Waals surface area contributed by atoms with E-state index in [1.54, 1.807) is 6.20 Å². The molecule has 0 aromatic carbocycles. The number of imidazole rings is 1. The first-order valence-electron chi connectivity index (χ1n) is 6.46. The monoisotopic (exact) mass is 297 g/mol. The Bertz CT molecular complexity index is 665. The molecule has 0 radical (unpaired) electrons. The predicted octanol–water partition coefficient (Wildman–Crippen LogP) is 0.329. The molecule has 2 aromatic rings. The van der Waals surface area contributed by atoms with E-state index in [4.69, 9.17) is 16.3 Å². The number of hydrogen-bond acceptors (Lipinski definition) is 5. The van der Waals surface area contributed by atoms with Gasteiger partial charge in [0.05, 0.1) is 29.6 Å². The molecule has 108 valence electrons. The zero-order valence-corrected chi connectivity index (χ0v) is 11.8. The lowest BCUT2D eigenvalue weighted by Gasteiger charge is -2.35. The molecule has 2 aromatic heterocycles. The molecule has 7 nitrogen and oxygen atoms in total. The molecule has 8 heteroatoms. The summed E-state index contributed by atoms with van der Waals surface area (Å²) in [4.78, 5) is 23.1. The molecule has 1 unspecified atom stereocenters. The summed E-state index contributed by atoms with van der Waals surface area (Å²) in [5.74, 6) is 0. The van der Waals surface area contributed by atoms with Crippen LogP contribution in [0, 0.1) is 0 Å². The number of halogens is 1. The molecule has 1 atom stereocenters. The van der Waals surface area contributed by atoms with Gasteiger partial charge in [0.2, 0.25) is 0 Å². The molecule has 3 rings (SSSR count). The van der Waals surface area contributed by atoms with Crippen molar-refractivity contribution < 1.29 is 4.74 Å². The van der Waals surface area contributed by atoms with Crippen LogP contribution in [-0.2, 0) is 4.74 Å². The minimum Gasteiger partial charge on any atom is -0.373 e. The first-order valence-corrected chi connectivity index (χ1v) is 6.84. The average Bonchev–Trinajstić information content (AvgIpc) is 2.79. The molecule has 1 saturated heterocycles. The van der Waals surface area contributed by atoms with Crippen molar-refractivity contribution in [3.63, 3.8) is 0 Å². The van der Waals surface area contributed by atoms with Crippen LogP contribution in [0.15, 0.2) is 11.0 Å². The number of nitrogens with one attached hydrogen (secondary N) is 3. The van der Waals surface area contributed by atoms with E-state index in [2.05, 4.69) is 25.2 Å². The van der Waals surface area contributed by atoms with Crippen LogP contribution in [0.2, 0.25) is 5.02 Å². The quantitative estimate of drug-likeness (QED) is 0.760. The van der Waals surface area contributed by atoms with Crippen LogP contribution in [-0.4, -0.2) is 54.3 Å². The lowest BCUT2D eigenvalue weighted by molar-refractivity contribution is 0.0422. The molecule has 0 bridgehead atoms. The summed E-state index contributed by atoms with van der Waals surface area (Å²) in [6, 6.07) is 0. The fourth-order valence-electron chi connectivity index (χ4n) is 2.53. The second-order valence-electron chi connectivity index (χ2n) is 4.75. The minimum atomic E-state index is -0.281. The standard InChI is InChI=1S/C12H16ClN5O2/c1-14-4-7-6-18(2-3-20-7)10-8(13)5-15-11-9(10)16-12(19)17-11/h5,7,14H,2-4,6H2,1H3,(H2,15,16,17,19). The normalized spacial score (nSPS) is 19.7. The predicted molar refractivity (Wildman–Crippen MR) is 77.6 cm³/mol. The highest BCUT2D eigenvalue weighted by atomic mass is 35.5. The van der Waals surface area contributed by atoms with Crippen molar-refractivity contribution in [1.82, 2.24) is 20.3 Å². The Hall–Kier alpha value is -1.57.